The standard InChI is InChI=1S/C30H40N4O6S2/c1-4-40-30(37)22-11-17-34(18-12-22)42(38,39)23-9-7-21(8-10-23)27(35)31-28-26(29(36)32-14-5-6-15-32)24-13-16-33(20(2)3)19-25(24)41-28/h7-10,20,22H,4-6,11-19H2,1-3H3,(H,31,35). The highest BCUT2D eigenvalue weighted by molar-refractivity contribution is 7.89. The molecule has 228 valence electrons. The summed E-state index contributed by atoms with van der Waals surface area (Å²) in [7, 11) is -3.77. The van der Waals surface area contributed by atoms with E-state index in [1.54, 1.807) is 6.92 Å². The van der Waals surface area contributed by atoms with Crippen LogP contribution in [-0.4, -0.2) is 85.7 Å². The monoisotopic (exact) mass is 616 g/mol. The zero-order valence-electron chi connectivity index (χ0n) is 24.6. The van der Waals surface area contributed by atoms with Crippen LogP contribution in [-0.2, 0) is 32.5 Å². The number of amides is 2. The number of hydrogen-bond donors (Lipinski definition) is 1. The van der Waals surface area contributed by atoms with Crippen molar-refractivity contribution in [3.8, 4) is 0 Å². The van der Waals surface area contributed by atoms with E-state index < -0.39 is 10.0 Å². The molecule has 0 unspecified atom stereocenters. The Balaban J connectivity index is 1.31. The van der Waals surface area contributed by atoms with E-state index in [0.717, 1.165) is 55.9 Å². The van der Waals surface area contributed by atoms with Crippen LogP contribution in [0.2, 0.25) is 0 Å². The molecule has 10 nitrogen and oxygen atoms in total. The molecule has 0 bridgehead atoms. The van der Waals surface area contributed by atoms with Crippen LogP contribution in [0.4, 0.5) is 5.00 Å². The van der Waals surface area contributed by atoms with E-state index in [9.17, 15) is 22.8 Å². The number of thiophene rings is 1. The lowest BCUT2D eigenvalue weighted by molar-refractivity contribution is -0.149. The number of ether oxygens (including phenoxy) is 1. The molecule has 3 aliphatic rings. The van der Waals surface area contributed by atoms with Crippen LogP contribution in [0.25, 0.3) is 0 Å². The first-order chi connectivity index (χ1) is 20.1. The molecule has 42 heavy (non-hydrogen) atoms. The van der Waals surface area contributed by atoms with E-state index in [-0.39, 0.29) is 41.7 Å². The van der Waals surface area contributed by atoms with Gasteiger partial charge in [0.2, 0.25) is 10.0 Å². The fourth-order valence-electron chi connectivity index (χ4n) is 5.95. The first-order valence-corrected chi connectivity index (χ1v) is 17.1. The van der Waals surface area contributed by atoms with Crippen molar-refractivity contribution in [1.29, 1.82) is 0 Å². The zero-order chi connectivity index (χ0) is 30.0. The first-order valence-electron chi connectivity index (χ1n) is 14.9. The Morgan fingerprint density at radius 1 is 1.02 bits per heavy atom. The molecule has 0 radical (unpaired) electrons. The van der Waals surface area contributed by atoms with Crippen LogP contribution in [0, 0.1) is 5.92 Å². The second kappa shape index (κ2) is 12.8. The summed E-state index contributed by atoms with van der Waals surface area (Å²) in [5, 5.41) is 3.55. The van der Waals surface area contributed by atoms with Crippen molar-refractivity contribution in [3.63, 3.8) is 0 Å². The molecule has 0 atom stereocenters. The van der Waals surface area contributed by atoms with E-state index in [2.05, 4.69) is 24.1 Å². The maximum Gasteiger partial charge on any atom is 0.309 e. The van der Waals surface area contributed by atoms with Crippen LogP contribution >= 0.6 is 11.3 Å². The average Bonchev–Trinajstić information content (AvgIpc) is 3.65. The third kappa shape index (κ3) is 6.27. The van der Waals surface area contributed by atoms with Crippen LogP contribution in [0.15, 0.2) is 29.2 Å². The molecule has 4 heterocycles. The summed E-state index contributed by atoms with van der Waals surface area (Å²) >= 11 is 1.47. The number of rotatable bonds is 8. The van der Waals surface area contributed by atoms with Gasteiger partial charge in [-0.15, -0.1) is 11.3 Å². The molecule has 2 amide bonds. The largest absolute Gasteiger partial charge is 0.466 e. The molecular weight excluding hydrogens is 576 g/mol. The van der Waals surface area contributed by atoms with Gasteiger partial charge in [-0.25, -0.2) is 8.42 Å². The Morgan fingerprint density at radius 3 is 2.31 bits per heavy atom. The molecule has 2 saturated heterocycles. The number of likely N-dealkylation sites (tertiary alicyclic amines) is 1. The van der Waals surface area contributed by atoms with Gasteiger partial charge in [0.25, 0.3) is 11.8 Å². The summed E-state index contributed by atoms with van der Waals surface area (Å²) in [5.74, 6) is -0.976. The maximum absolute atomic E-state index is 13.6. The summed E-state index contributed by atoms with van der Waals surface area (Å²) in [6.07, 6.45) is 3.56. The molecule has 2 fully saturated rings. The minimum Gasteiger partial charge on any atom is -0.466 e. The number of sulfonamides is 1. The minimum atomic E-state index is -3.77. The zero-order valence-corrected chi connectivity index (χ0v) is 26.2. The Morgan fingerprint density at radius 2 is 1.69 bits per heavy atom. The molecule has 12 heteroatoms. The smallest absolute Gasteiger partial charge is 0.309 e. The van der Waals surface area contributed by atoms with Crippen molar-refractivity contribution in [2.45, 2.75) is 70.4 Å². The van der Waals surface area contributed by atoms with Gasteiger partial charge in [-0.2, -0.15) is 4.31 Å². The van der Waals surface area contributed by atoms with Crippen LogP contribution < -0.4 is 5.32 Å². The fraction of sp³-hybridized carbons (Fsp3) is 0.567. The van der Waals surface area contributed by atoms with Gasteiger partial charge in [0.05, 0.1) is 23.0 Å². The second-order valence-electron chi connectivity index (χ2n) is 11.4. The van der Waals surface area contributed by atoms with Crippen molar-refractivity contribution in [3.05, 3.63) is 45.8 Å². The number of fused-ring (bicyclic) bond motifs is 1. The van der Waals surface area contributed by atoms with Crippen LogP contribution in [0.3, 0.4) is 0 Å². The molecule has 2 aromatic rings. The van der Waals surface area contributed by atoms with Crippen molar-refractivity contribution in [1.82, 2.24) is 14.1 Å². The molecule has 1 aromatic heterocycles. The normalized spacial score (nSPS) is 18.7. The SMILES string of the molecule is CCOC(=O)C1CCN(S(=O)(=O)c2ccc(C(=O)Nc3sc4c(c3C(=O)N3CCCC3)CCN(C(C)C)C4)cc2)CC1. The second-order valence-corrected chi connectivity index (χ2v) is 14.5. The number of anilines is 1. The van der Waals surface area contributed by atoms with Crippen LogP contribution in [0.5, 0.6) is 0 Å². The summed E-state index contributed by atoms with van der Waals surface area (Å²) in [5.41, 5.74) is 1.96. The number of carbonyl (C=O) groups is 3. The third-order valence-corrected chi connectivity index (χ3v) is 11.5. The number of hydrogen-bond acceptors (Lipinski definition) is 8. The minimum absolute atomic E-state index is 0.0218. The van der Waals surface area contributed by atoms with Crippen molar-refractivity contribution >= 4 is 44.1 Å². The van der Waals surface area contributed by atoms with Gasteiger partial charge in [-0.1, -0.05) is 0 Å². The summed E-state index contributed by atoms with van der Waals surface area (Å²) < 4.78 is 33.0. The third-order valence-electron chi connectivity index (χ3n) is 8.48. The van der Waals surface area contributed by atoms with Gasteiger partial charge < -0.3 is 15.0 Å². The van der Waals surface area contributed by atoms with E-state index in [1.165, 1.54) is 39.9 Å². The summed E-state index contributed by atoms with van der Waals surface area (Å²) in [6, 6.07) is 6.28. The molecule has 1 N–H and O–H groups in total. The average molecular weight is 617 g/mol. The number of piperidine rings is 1. The molecule has 0 spiro atoms. The number of nitrogens with zero attached hydrogens (tertiary/aromatic N) is 3. The lowest BCUT2D eigenvalue weighted by atomic mass is 9.98. The number of benzene rings is 1. The Bertz CT molecular complexity index is 1420. The first kappa shape index (κ1) is 30.7. The van der Waals surface area contributed by atoms with Crippen molar-refractivity contribution in [2.24, 2.45) is 5.92 Å². The van der Waals surface area contributed by atoms with Gasteiger partial charge in [0.15, 0.2) is 0 Å². The quantitative estimate of drug-likeness (QED) is 0.447. The lowest BCUT2D eigenvalue weighted by Gasteiger charge is -2.30. The molecule has 0 saturated carbocycles. The van der Waals surface area contributed by atoms with E-state index >= 15 is 0 Å². The van der Waals surface area contributed by atoms with Crippen LogP contribution in [0.1, 0.15) is 77.6 Å². The van der Waals surface area contributed by atoms with E-state index in [4.69, 9.17) is 4.74 Å². The molecule has 3 aliphatic heterocycles. The highest BCUT2D eigenvalue weighted by atomic mass is 32.2. The maximum atomic E-state index is 13.6. The van der Waals surface area contributed by atoms with Crippen molar-refractivity contribution < 1.29 is 27.5 Å². The number of esters is 1. The van der Waals surface area contributed by atoms with Crippen molar-refractivity contribution in [2.75, 3.05) is 44.6 Å². The van der Waals surface area contributed by atoms with E-state index in [0.29, 0.717) is 41.6 Å². The lowest BCUT2D eigenvalue weighted by Crippen LogP contribution is -2.40. The Hall–Kier alpha value is -2.80. The predicted octanol–water partition coefficient (Wildman–Crippen LogP) is 3.97. The summed E-state index contributed by atoms with van der Waals surface area (Å²) in [4.78, 5) is 44.5. The topological polar surface area (TPSA) is 116 Å². The number of nitrogens with one attached hydrogen (secondary N) is 1. The highest BCUT2D eigenvalue weighted by Crippen LogP contribution is 2.39. The summed E-state index contributed by atoms with van der Waals surface area (Å²) in [6.45, 7) is 9.92. The predicted molar refractivity (Wildman–Crippen MR) is 161 cm³/mol. The number of carbonyl (C=O) groups excluding carboxylic acids is 3. The molecule has 0 aliphatic carbocycles. The van der Waals surface area contributed by atoms with Gasteiger partial charge in [0.1, 0.15) is 5.00 Å². The van der Waals surface area contributed by atoms with Gasteiger partial charge in [0, 0.05) is 55.8 Å². The van der Waals surface area contributed by atoms with Gasteiger partial charge in [-0.05, 0) is 82.7 Å². The molecule has 5 rings (SSSR count). The van der Waals surface area contributed by atoms with Gasteiger partial charge >= 0.3 is 5.97 Å². The Labute approximate surface area is 252 Å². The highest BCUT2D eigenvalue weighted by Gasteiger charge is 2.34. The fourth-order valence-corrected chi connectivity index (χ4v) is 8.68. The van der Waals surface area contributed by atoms with E-state index in [1.807, 2.05) is 4.90 Å². The molecule has 1 aromatic carbocycles. The Kier molecular flexibility index (Phi) is 9.36. The molecular formula is C30H40N4O6S2. The van der Waals surface area contributed by atoms with Gasteiger partial charge in [-0.3, -0.25) is 19.3 Å².